The van der Waals surface area contributed by atoms with Gasteiger partial charge in [-0.1, -0.05) is 24.3 Å². The second-order valence-electron chi connectivity index (χ2n) is 7.54. The molecule has 2 aliphatic heterocycles. The molecule has 1 aromatic rings. The molecule has 0 saturated carbocycles. The molecule has 1 fully saturated rings. The van der Waals surface area contributed by atoms with Crippen LogP contribution in [0.25, 0.3) is 0 Å². The quantitative estimate of drug-likeness (QED) is 0.462. The number of nitrogens with one attached hydrogen (secondary N) is 1. The fourth-order valence-electron chi connectivity index (χ4n) is 4.06. The van der Waals surface area contributed by atoms with E-state index in [2.05, 4.69) is 46.3 Å². The lowest BCUT2D eigenvalue weighted by atomic mass is 9.97. The Hall–Kier alpha value is -2.08. The van der Waals surface area contributed by atoms with Crippen molar-refractivity contribution in [3.63, 3.8) is 0 Å². The fourth-order valence-corrected chi connectivity index (χ4v) is 4.06. The van der Waals surface area contributed by atoms with Crippen LogP contribution < -0.4 is 5.32 Å². The molecule has 28 heavy (non-hydrogen) atoms. The van der Waals surface area contributed by atoms with Crippen LogP contribution in [-0.2, 0) is 22.5 Å². The number of hydrogen-bond acceptors (Lipinski definition) is 4. The number of fused-ring (bicyclic) bond motifs is 1. The van der Waals surface area contributed by atoms with E-state index >= 15 is 0 Å². The fraction of sp³-hybridized carbons (Fsp3) is 0.636. The highest BCUT2D eigenvalue weighted by atomic mass is 16.5. The molecule has 154 valence electrons. The maximum absolute atomic E-state index is 11.9. The first-order chi connectivity index (χ1) is 13.7. The number of carbonyl (C=O) groups excluding carboxylic acids is 1. The highest BCUT2D eigenvalue weighted by Gasteiger charge is 2.27. The first-order valence-electron chi connectivity index (χ1n) is 10.7. The Morgan fingerprint density at radius 2 is 1.93 bits per heavy atom. The second kappa shape index (κ2) is 10.5. The van der Waals surface area contributed by atoms with Gasteiger partial charge in [0.1, 0.15) is 0 Å². The average Bonchev–Trinajstić information content (AvgIpc) is 2.73. The van der Waals surface area contributed by atoms with Gasteiger partial charge in [-0.25, -0.2) is 0 Å². The van der Waals surface area contributed by atoms with E-state index in [9.17, 15) is 4.79 Å². The van der Waals surface area contributed by atoms with Crippen molar-refractivity contribution in [2.45, 2.75) is 39.7 Å². The van der Waals surface area contributed by atoms with Crippen LogP contribution in [-0.4, -0.2) is 67.6 Å². The lowest BCUT2D eigenvalue weighted by molar-refractivity contribution is -0.149. The van der Waals surface area contributed by atoms with E-state index in [0.717, 1.165) is 71.0 Å². The molecule has 0 aliphatic carbocycles. The first kappa shape index (κ1) is 20.6. The third kappa shape index (κ3) is 5.47. The molecule has 6 nitrogen and oxygen atoms in total. The average molecular weight is 387 g/mol. The molecule has 2 heterocycles. The van der Waals surface area contributed by atoms with Crippen LogP contribution in [0.2, 0.25) is 0 Å². The van der Waals surface area contributed by atoms with Gasteiger partial charge in [-0.15, -0.1) is 0 Å². The molecule has 1 saturated heterocycles. The van der Waals surface area contributed by atoms with Crippen molar-refractivity contribution < 1.29 is 9.53 Å². The van der Waals surface area contributed by atoms with Crippen LogP contribution in [0.15, 0.2) is 29.3 Å². The number of likely N-dealkylation sites (tertiary alicyclic amines) is 1. The van der Waals surface area contributed by atoms with Crippen molar-refractivity contribution in [1.29, 1.82) is 0 Å². The topological polar surface area (TPSA) is 57.2 Å². The van der Waals surface area contributed by atoms with Crippen LogP contribution >= 0.6 is 0 Å². The van der Waals surface area contributed by atoms with E-state index < -0.39 is 0 Å². The maximum atomic E-state index is 11.9. The predicted molar refractivity (Wildman–Crippen MR) is 112 cm³/mol. The third-order valence-corrected chi connectivity index (χ3v) is 5.64. The number of nitrogens with zero attached hydrogens (tertiary/aromatic N) is 3. The van der Waals surface area contributed by atoms with Crippen LogP contribution in [0, 0.1) is 5.92 Å². The number of ether oxygens (including phenoxy) is 1. The van der Waals surface area contributed by atoms with Gasteiger partial charge >= 0.3 is 5.97 Å². The van der Waals surface area contributed by atoms with Gasteiger partial charge in [-0.2, -0.15) is 0 Å². The zero-order valence-electron chi connectivity index (χ0n) is 17.3. The minimum atomic E-state index is -0.0468. The van der Waals surface area contributed by atoms with E-state index in [0.29, 0.717) is 6.61 Å². The van der Waals surface area contributed by atoms with Gasteiger partial charge in [0.2, 0.25) is 0 Å². The Balaban J connectivity index is 1.49. The Morgan fingerprint density at radius 3 is 2.64 bits per heavy atom. The lowest BCUT2D eigenvalue weighted by Crippen LogP contribution is -2.47. The van der Waals surface area contributed by atoms with Gasteiger partial charge in [0.15, 0.2) is 5.96 Å². The van der Waals surface area contributed by atoms with E-state index in [1.807, 2.05) is 6.92 Å². The summed E-state index contributed by atoms with van der Waals surface area (Å²) in [5.74, 6) is 0.962. The van der Waals surface area contributed by atoms with Crippen molar-refractivity contribution in [2.24, 2.45) is 10.9 Å². The van der Waals surface area contributed by atoms with Crippen molar-refractivity contribution in [3.05, 3.63) is 35.4 Å². The summed E-state index contributed by atoms with van der Waals surface area (Å²) in [5, 5.41) is 3.42. The minimum Gasteiger partial charge on any atom is -0.466 e. The molecule has 0 unspecified atom stereocenters. The Labute approximate surface area is 168 Å². The molecule has 0 aromatic heterocycles. The summed E-state index contributed by atoms with van der Waals surface area (Å²) in [7, 11) is 0. The first-order valence-corrected chi connectivity index (χ1v) is 10.7. The van der Waals surface area contributed by atoms with Gasteiger partial charge in [-0.05, 0) is 44.2 Å². The molecule has 0 atom stereocenters. The summed E-state index contributed by atoms with van der Waals surface area (Å²) in [6.07, 6.45) is 2.81. The molecular formula is C22H34N4O2. The maximum Gasteiger partial charge on any atom is 0.309 e. The smallest absolute Gasteiger partial charge is 0.309 e. The standard InChI is InChI=1S/C22H34N4O2/c1-3-23-22(26-14-10-19(11-15-26)21(27)28-4-2)24-12-16-25-13-9-18-7-5-6-8-20(18)17-25/h5-8,19H,3-4,9-17H2,1-2H3,(H,23,24). The van der Waals surface area contributed by atoms with E-state index in [-0.39, 0.29) is 11.9 Å². The highest BCUT2D eigenvalue weighted by Crippen LogP contribution is 2.19. The van der Waals surface area contributed by atoms with Crippen LogP contribution in [0.3, 0.4) is 0 Å². The Bertz CT molecular complexity index is 668. The van der Waals surface area contributed by atoms with Crippen molar-refractivity contribution >= 4 is 11.9 Å². The van der Waals surface area contributed by atoms with Gasteiger partial charge < -0.3 is 15.0 Å². The summed E-state index contributed by atoms with van der Waals surface area (Å²) in [4.78, 5) is 21.6. The number of benzene rings is 1. The number of rotatable bonds is 6. The third-order valence-electron chi connectivity index (χ3n) is 5.64. The summed E-state index contributed by atoms with van der Waals surface area (Å²) < 4.78 is 5.17. The molecule has 0 amide bonds. The van der Waals surface area contributed by atoms with E-state index in [1.165, 1.54) is 11.1 Å². The van der Waals surface area contributed by atoms with Crippen molar-refractivity contribution in [2.75, 3.05) is 45.9 Å². The molecule has 3 rings (SSSR count). The molecule has 1 aromatic carbocycles. The molecule has 0 radical (unpaired) electrons. The number of esters is 1. The number of guanidine groups is 1. The number of aliphatic imine (C=N–C) groups is 1. The monoisotopic (exact) mass is 386 g/mol. The predicted octanol–water partition coefficient (Wildman–Crippen LogP) is 2.29. The van der Waals surface area contributed by atoms with Crippen molar-refractivity contribution in [3.8, 4) is 0 Å². The van der Waals surface area contributed by atoms with E-state index in [1.54, 1.807) is 0 Å². The van der Waals surface area contributed by atoms with Crippen LogP contribution in [0.1, 0.15) is 37.8 Å². The van der Waals surface area contributed by atoms with Gasteiger partial charge in [0.25, 0.3) is 0 Å². The van der Waals surface area contributed by atoms with Gasteiger partial charge in [-0.3, -0.25) is 14.7 Å². The normalized spacial score (nSPS) is 18.6. The summed E-state index contributed by atoms with van der Waals surface area (Å²) in [5.41, 5.74) is 2.94. The molecule has 6 heteroatoms. The van der Waals surface area contributed by atoms with Crippen molar-refractivity contribution in [1.82, 2.24) is 15.1 Å². The van der Waals surface area contributed by atoms with E-state index in [4.69, 9.17) is 9.73 Å². The Morgan fingerprint density at radius 1 is 1.18 bits per heavy atom. The zero-order valence-corrected chi connectivity index (χ0v) is 17.3. The largest absolute Gasteiger partial charge is 0.466 e. The SMILES string of the molecule is CCNC(=NCCN1CCc2ccccc2C1)N1CCC(C(=O)OCC)CC1. The lowest BCUT2D eigenvalue weighted by Gasteiger charge is -2.33. The molecule has 2 aliphatic rings. The van der Waals surface area contributed by atoms with Crippen LogP contribution in [0.4, 0.5) is 0 Å². The minimum absolute atomic E-state index is 0.0347. The van der Waals surface area contributed by atoms with Gasteiger partial charge in [0.05, 0.1) is 19.1 Å². The molecule has 1 N–H and O–H groups in total. The Kier molecular flexibility index (Phi) is 7.71. The highest BCUT2D eigenvalue weighted by molar-refractivity contribution is 5.80. The number of piperidine rings is 1. The van der Waals surface area contributed by atoms with Gasteiger partial charge in [0, 0.05) is 39.3 Å². The summed E-state index contributed by atoms with van der Waals surface area (Å²) in [6, 6.07) is 8.74. The molecule has 0 bridgehead atoms. The van der Waals surface area contributed by atoms with Crippen LogP contribution in [0.5, 0.6) is 0 Å². The number of carbonyl (C=O) groups is 1. The molecular weight excluding hydrogens is 352 g/mol. The molecule has 0 spiro atoms. The second-order valence-corrected chi connectivity index (χ2v) is 7.54. The zero-order chi connectivity index (χ0) is 19.8. The summed E-state index contributed by atoms with van der Waals surface area (Å²) in [6.45, 7) is 10.9. The summed E-state index contributed by atoms with van der Waals surface area (Å²) >= 11 is 0. The number of hydrogen-bond donors (Lipinski definition) is 1.